The summed E-state index contributed by atoms with van der Waals surface area (Å²) in [5, 5.41) is 12.1. The van der Waals surface area contributed by atoms with Gasteiger partial charge in [0, 0.05) is 20.4 Å². The van der Waals surface area contributed by atoms with Crippen LogP contribution in [0.3, 0.4) is 0 Å². The van der Waals surface area contributed by atoms with E-state index in [1.54, 1.807) is 0 Å². The second-order valence-corrected chi connectivity index (χ2v) is 14.9. The molecule has 0 amide bonds. The maximum atomic E-state index is 3.84. The van der Waals surface area contributed by atoms with Crippen LogP contribution in [0.2, 0.25) is 0 Å². The molecule has 4 heteroatoms. The van der Waals surface area contributed by atoms with Crippen LogP contribution in [-0.4, -0.2) is 0 Å². The first-order valence-corrected chi connectivity index (χ1v) is 16.9. The Balaban J connectivity index is 1.39. The Bertz CT molecular complexity index is 1530. The fourth-order valence-corrected chi connectivity index (χ4v) is 11.8. The van der Waals surface area contributed by atoms with Gasteiger partial charge in [-0.3, -0.25) is 0 Å². The van der Waals surface area contributed by atoms with Crippen molar-refractivity contribution in [3.8, 4) is 0 Å². The van der Waals surface area contributed by atoms with E-state index in [1.807, 2.05) is 11.8 Å². The van der Waals surface area contributed by atoms with Crippen molar-refractivity contribution in [2.24, 2.45) is 0 Å². The van der Waals surface area contributed by atoms with E-state index in [-0.39, 0.29) is 0 Å². The minimum absolute atomic E-state index is 0.718. The van der Waals surface area contributed by atoms with Gasteiger partial charge in [0.25, 0.3) is 0 Å². The molecule has 1 aliphatic heterocycles. The summed E-state index contributed by atoms with van der Waals surface area (Å²) in [6, 6.07) is 57.5. The molecule has 0 fully saturated rings. The van der Waals surface area contributed by atoms with Crippen molar-refractivity contribution in [1.29, 1.82) is 0 Å². The molecule has 0 aliphatic carbocycles. The first-order valence-electron chi connectivity index (χ1n) is 13.4. The molecule has 1 aliphatic rings. The van der Waals surface area contributed by atoms with Crippen LogP contribution >= 0.6 is 27.6 Å². The van der Waals surface area contributed by atoms with Gasteiger partial charge in [-0.25, -0.2) is 0 Å². The van der Waals surface area contributed by atoms with Crippen molar-refractivity contribution >= 4 is 70.8 Å². The Morgan fingerprint density at radius 1 is 0.350 bits per heavy atom. The molecule has 0 saturated carbocycles. The summed E-state index contributed by atoms with van der Waals surface area (Å²) in [6.07, 6.45) is 0. The largest absolute Gasteiger partial charge is 0.354 e. The van der Waals surface area contributed by atoms with Gasteiger partial charge >= 0.3 is 0 Å². The van der Waals surface area contributed by atoms with E-state index < -0.39 is 15.8 Å². The quantitative estimate of drug-likeness (QED) is 0.210. The normalized spacial score (nSPS) is 12.1. The van der Waals surface area contributed by atoms with Gasteiger partial charge in [-0.05, 0) is 49.2 Å². The van der Waals surface area contributed by atoms with Crippen LogP contribution < -0.4 is 37.1 Å². The van der Waals surface area contributed by atoms with Gasteiger partial charge in [-0.15, -0.1) is 0 Å². The zero-order valence-corrected chi connectivity index (χ0v) is 24.4. The third-order valence-corrected chi connectivity index (χ3v) is 13.6. The SMILES string of the molecule is c1ccc(P(c2ccccc2)c2cccc3c2Sc2c(cccc2P(c2ccccc2)c2ccccc2)N3)cc1. The van der Waals surface area contributed by atoms with Crippen LogP contribution in [-0.2, 0) is 0 Å². The molecule has 7 rings (SSSR count). The molecule has 1 heterocycles. The number of fused-ring (bicyclic) bond motifs is 2. The topological polar surface area (TPSA) is 12.0 Å². The average molecular weight is 568 g/mol. The first kappa shape index (κ1) is 25.3. The summed E-state index contributed by atoms with van der Waals surface area (Å²) in [5.41, 5.74) is 2.38. The van der Waals surface area contributed by atoms with Gasteiger partial charge < -0.3 is 5.32 Å². The third kappa shape index (κ3) is 4.89. The standard InChI is InChI=1S/C36H27NP2S/c1-5-15-27(16-6-1)38(28-17-7-2-8-18-28)33-25-13-23-31-35(33)40-36-32(37-31)24-14-26-34(36)39(29-19-9-3-10-20-29)30-21-11-4-12-22-30/h1-26,37H. The van der Waals surface area contributed by atoms with Crippen LogP contribution in [0.5, 0.6) is 0 Å². The highest BCUT2D eigenvalue weighted by Crippen LogP contribution is 2.50. The molecular weight excluding hydrogens is 540 g/mol. The van der Waals surface area contributed by atoms with Crippen LogP contribution in [0.4, 0.5) is 11.4 Å². The highest BCUT2D eigenvalue weighted by atomic mass is 32.2. The molecular formula is C36H27NP2S. The number of nitrogens with one attached hydrogen (secondary N) is 1. The monoisotopic (exact) mass is 567 g/mol. The summed E-state index contributed by atoms with van der Waals surface area (Å²) in [4.78, 5) is 2.66. The van der Waals surface area contributed by atoms with Gasteiger partial charge in [-0.2, -0.15) is 0 Å². The lowest BCUT2D eigenvalue weighted by Crippen LogP contribution is -2.25. The first-order chi connectivity index (χ1) is 19.9. The van der Waals surface area contributed by atoms with E-state index in [0.717, 1.165) is 0 Å². The van der Waals surface area contributed by atoms with E-state index >= 15 is 0 Å². The van der Waals surface area contributed by atoms with E-state index in [4.69, 9.17) is 0 Å². The summed E-state index contributed by atoms with van der Waals surface area (Å²) in [5.74, 6) is 0. The smallest absolute Gasteiger partial charge is 0.0533 e. The molecule has 0 saturated heterocycles. The van der Waals surface area contributed by atoms with Gasteiger partial charge in [0.2, 0.25) is 0 Å². The van der Waals surface area contributed by atoms with Gasteiger partial charge in [0.15, 0.2) is 0 Å². The molecule has 0 spiro atoms. The number of rotatable bonds is 6. The lowest BCUT2D eigenvalue weighted by atomic mass is 10.2. The molecule has 0 atom stereocenters. The molecule has 0 aromatic heterocycles. The molecule has 0 radical (unpaired) electrons. The Morgan fingerprint density at radius 3 is 1.00 bits per heavy atom. The molecule has 192 valence electrons. The van der Waals surface area contributed by atoms with Crippen LogP contribution in [0.1, 0.15) is 0 Å². The fraction of sp³-hybridized carbons (Fsp3) is 0. The highest BCUT2D eigenvalue weighted by molar-refractivity contribution is 8.01. The molecule has 6 aromatic rings. The van der Waals surface area contributed by atoms with E-state index in [1.165, 1.54) is 53.0 Å². The zero-order chi connectivity index (χ0) is 26.7. The second-order valence-electron chi connectivity index (χ2n) is 9.55. The molecule has 1 nitrogen and oxygen atoms in total. The Hall–Kier alpha value is -3.67. The number of hydrogen-bond acceptors (Lipinski definition) is 2. The molecule has 0 unspecified atom stereocenters. The minimum atomic E-state index is -0.718. The number of anilines is 2. The van der Waals surface area contributed by atoms with Crippen molar-refractivity contribution in [2.75, 3.05) is 5.32 Å². The van der Waals surface area contributed by atoms with E-state index in [2.05, 4.69) is 163 Å². The van der Waals surface area contributed by atoms with E-state index in [0.29, 0.717) is 0 Å². The lowest BCUT2D eigenvalue weighted by molar-refractivity contribution is 1.36. The van der Waals surface area contributed by atoms with Gasteiger partial charge in [0.1, 0.15) is 0 Å². The molecule has 6 aromatic carbocycles. The lowest BCUT2D eigenvalue weighted by Gasteiger charge is -2.30. The molecule has 0 bridgehead atoms. The van der Waals surface area contributed by atoms with Gasteiger partial charge in [0.05, 0.1) is 11.4 Å². The molecule has 40 heavy (non-hydrogen) atoms. The van der Waals surface area contributed by atoms with Crippen molar-refractivity contribution in [2.45, 2.75) is 9.79 Å². The van der Waals surface area contributed by atoms with E-state index in [9.17, 15) is 0 Å². The Kier molecular flexibility index (Phi) is 7.24. The predicted octanol–water partition coefficient (Wildman–Crippen LogP) is 7.41. The second kappa shape index (κ2) is 11.4. The summed E-state index contributed by atoms with van der Waals surface area (Å²) < 4.78 is 0. The van der Waals surface area contributed by atoms with Crippen molar-refractivity contribution in [3.63, 3.8) is 0 Å². The van der Waals surface area contributed by atoms with Crippen LogP contribution in [0.15, 0.2) is 168 Å². The van der Waals surface area contributed by atoms with Crippen LogP contribution in [0, 0.1) is 0 Å². The predicted molar refractivity (Wildman–Crippen MR) is 178 cm³/mol. The van der Waals surface area contributed by atoms with Crippen LogP contribution in [0.25, 0.3) is 0 Å². The summed E-state index contributed by atoms with van der Waals surface area (Å²) >= 11 is 1.94. The summed E-state index contributed by atoms with van der Waals surface area (Å²) in [6.45, 7) is 0. The Labute approximate surface area is 242 Å². The minimum Gasteiger partial charge on any atom is -0.354 e. The Morgan fingerprint density at radius 2 is 0.675 bits per heavy atom. The van der Waals surface area contributed by atoms with Crippen molar-refractivity contribution < 1.29 is 0 Å². The van der Waals surface area contributed by atoms with Crippen molar-refractivity contribution in [1.82, 2.24) is 0 Å². The maximum absolute atomic E-state index is 3.84. The maximum Gasteiger partial charge on any atom is 0.0533 e. The third-order valence-electron chi connectivity index (χ3n) is 7.00. The molecule has 1 N–H and O–H groups in total. The fourth-order valence-electron chi connectivity index (χ4n) is 5.22. The number of benzene rings is 6. The highest BCUT2D eigenvalue weighted by Gasteiger charge is 2.29. The van der Waals surface area contributed by atoms with Crippen molar-refractivity contribution in [3.05, 3.63) is 158 Å². The summed E-state index contributed by atoms with van der Waals surface area (Å²) in [7, 11) is -1.44. The average Bonchev–Trinajstić information content (AvgIpc) is 3.03. The van der Waals surface area contributed by atoms with Gasteiger partial charge in [-0.1, -0.05) is 157 Å². The number of hydrogen-bond donors (Lipinski definition) is 1. The zero-order valence-electron chi connectivity index (χ0n) is 21.8.